The lowest BCUT2D eigenvalue weighted by Gasteiger charge is -2.27. The highest BCUT2D eigenvalue weighted by Gasteiger charge is 2.40. The number of amides is 1. The molecular weight excluding hydrogens is 375 g/mol. The topological polar surface area (TPSA) is 75.4 Å². The lowest BCUT2D eigenvalue weighted by atomic mass is 10.1. The standard InChI is InChI=1S/C19H20F3N3O3/c1-2-24(13-5-3-4-6-13)17(26)12-7-9-14(10-8-12)25-16(19(20,21)22)15(11-23-25)18(27)28/h7-11,13H,2-6H2,1H3,(H,27,28). The first-order chi connectivity index (χ1) is 13.2. The van der Waals surface area contributed by atoms with Crippen molar-refractivity contribution >= 4 is 11.9 Å². The molecule has 2 aromatic rings. The number of carbonyl (C=O) groups is 2. The van der Waals surface area contributed by atoms with Crippen LogP contribution in [0.4, 0.5) is 13.2 Å². The zero-order chi connectivity index (χ0) is 20.5. The second kappa shape index (κ2) is 7.65. The Balaban J connectivity index is 1.91. The Hall–Kier alpha value is -2.84. The zero-order valence-corrected chi connectivity index (χ0v) is 15.2. The van der Waals surface area contributed by atoms with Crippen molar-refractivity contribution in [3.8, 4) is 5.69 Å². The first-order valence-electron chi connectivity index (χ1n) is 9.04. The summed E-state index contributed by atoms with van der Waals surface area (Å²) in [6.07, 6.45) is -0.142. The highest BCUT2D eigenvalue weighted by Crippen LogP contribution is 2.33. The molecule has 28 heavy (non-hydrogen) atoms. The van der Waals surface area contributed by atoms with Gasteiger partial charge in [0.1, 0.15) is 5.56 Å². The van der Waals surface area contributed by atoms with Gasteiger partial charge in [-0.15, -0.1) is 0 Å². The Kier molecular flexibility index (Phi) is 5.44. The number of carboxylic acids is 1. The number of halogens is 3. The number of aromatic carboxylic acids is 1. The van der Waals surface area contributed by atoms with E-state index in [1.807, 2.05) is 6.92 Å². The molecule has 9 heteroatoms. The lowest BCUT2D eigenvalue weighted by molar-refractivity contribution is -0.143. The van der Waals surface area contributed by atoms with Gasteiger partial charge in [0.05, 0.1) is 11.9 Å². The average molecular weight is 395 g/mol. The van der Waals surface area contributed by atoms with Gasteiger partial charge in [-0.2, -0.15) is 18.3 Å². The molecule has 1 fully saturated rings. The Labute approximate surface area is 159 Å². The van der Waals surface area contributed by atoms with Crippen LogP contribution < -0.4 is 0 Å². The fourth-order valence-electron chi connectivity index (χ4n) is 3.67. The number of rotatable bonds is 5. The largest absolute Gasteiger partial charge is 0.478 e. The van der Waals surface area contributed by atoms with Crippen molar-refractivity contribution in [3.05, 3.63) is 47.3 Å². The van der Waals surface area contributed by atoms with Crippen molar-refractivity contribution in [2.75, 3.05) is 6.54 Å². The predicted molar refractivity (Wildman–Crippen MR) is 94.5 cm³/mol. The molecule has 0 saturated heterocycles. The minimum absolute atomic E-state index is 0.0280. The summed E-state index contributed by atoms with van der Waals surface area (Å²) in [6.45, 7) is 2.46. The summed E-state index contributed by atoms with van der Waals surface area (Å²) < 4.78 is 40.5. The van der Waals surface area contributed by atoms with Gasteiger partial charge in [0.15, 0.2) is 5.69 Å². The van der Waals surface area contributed by atoms with E-state index in [1.54, 1.807) is 4.90 Å². The Morgan fingerprint density at radius 2 is 1.82 bits per heavy atom. The van der Waals surface area contributed by atoms with Gasteiger partial charge >= 0.3 is 12.1 Å². The fraction of sp³-hybridized carbons (Fsp3) is 0.421. The average Bonchev–Trinajstić information content (AvgIpc) is 3.32. The third-order valence-electron chi connectivity index (χ3n) is 4.99. The van der Waals surface area contributed by atoms with E-state index in [9.17, 15) is 22.8 Å². The van der Waals surface area contributed by atoms with Crippen molar-refractivity contribution in [1.29, 1.82) is 0 Å². The second-order valence-corrected chi connectivity index (χ2v) is 6.70. The number of alkyl halides is 3. The normalized spacial score (nSPS) is 15.0. The van der Waals surface area contributed by atoms with Crippen LogP contribution in [0.3, 0.4) is 0 Å². The SMILES string of the molecule is CCN(C(=O)c1ccc(-n2ncc(C(=O)O)c2C(F)(F)F)cc1)C1CCCC1. The molecule has 1 aliphatic carbocycles. The molecule has 1 heterocycles. The predicted octanol–water partition coefficient (Wildman–Crippen LogP) is 3.99. The quantitative estimate of drug-likeness (QED) is 0.831. The summed E-state index contributed by atoms with van der Waals surface area (Å²) in [7, 11) is 0. The van der Waals surface area contributed by atoms with E-state index in [4.69, 9.17) is 5.11 Å². The monoisotopic (exact) mass is 395 g/mol. The van der Waals surface area contributed by atoms with E-state index in [2.05, 4.69) is 5.10 Å². The molecule has 150 valence electrons. The van der Waals surface area contributed by atoms with Gasteiger partial charge in [-0.1, -0.05) is 12.8 Å². The summed E-state index contributed by atoms with van der Waals surface area (Å²) in [5.74, 6) is -1.87. The van der Waals surface area contributed by atoms with E-state index in [0.717, 1.165) is 25.7 Å². The summed E-state index contributed by atoms with van der Waals surface area (Å²) in [5.41, 5.74) is -1.89. The molecule has 1 N–H and O–H groups in total. The van der Waals surface area contributed by atoms with Crippen LogP contribution in [0.2, 0.25) is 0 Å². The van der Waals surface area contributed by atoms with Crippen molar-refractivity contribution < 1.29 is 27.9 Å². The van der Waals surface area contributed by atoms with E-state index >= 15 is 0 Å². The van der Waals surface area contributed by atoms with Gasteiger partial charge < -0.3 is 10.0 Å². The molecular formula is C19H20F3N3O3. The van der Waals surface area contributed by atoms with Crippen LogP contribution in [0.15, 0.2) is 30.5 Å². The summed E-state index contributed by atoms with van der Waals surface area (Å²) in [6, 6.07) is 5.75. The van der Waals surface area contributed by atoms with Gasteiger partial charge in [0.25, 0.3) is 5.91 Å². The third kappa shape index (κ3) is 3.74. The van der Waals surface area contributed by atoms with Gasteiger partial charge in [-0.25, -0.2) is 9.48 Å². The summed E-state index contributed by atoms with van der Waals surface area (Å²) >= 11 is 0. The van der Waals surface area contributed by atoms with Crippen molar-refractivity contribution in [1.82, 2.24) is 14.7 Å². The molecule has 0 spiro atoms. The molecule has 3 rings (SSSR count). The van der Waals surface area contributed by atoms with Gasteiger partial charge in [-0.3, -0.25) is 4.79 Å². The number of carboxylic acid groups (broad SMARTS) is 1. The van der Waals surface area contributed by atoms with E-state index < -0.39 is 23.4 Å². The first kappa shape index (κ1) is 19.9. The minimum atomic E-state index is -4.89. The fourth-order valence-corrected chi connectivity index (χ4v) is 3.67. The zero-order valence-electron chi connectivity index (χ0n) is 15.2. The molecule has 1 aromatic heterocycles. The van der Waals surface area contributed by atoms with Crippen molar-refractivity contribution in [2.24, 2.45) is 0 Å². The smallest absolute Gasteiger partial charge is 0.434 e. The molecule has 0 aliphatic heterocycles. The highest BCUT2D eigenvalue weighted by molar-refractivity contribution is 5.94. The molecule has 1 aromatic carbocycles. The second-order valence-electron chi connectivity index (χ2n) is 6.70. The summed E-state index contributed by atoms with van der Waals surface area (Å²) in [4.78, 5) is 25.7. The number of nitrogens with zero attached hydrogens (tertiary/aromatic N) is 3. The van der Waals surface area contributed by atoms with E-state index in [1.165, 1.54) is 24.3 Å². The Bertz CT molecular complexity index is 869. The molecule has 6 nitrogen and oxygen atoms in total. The molecule has 1 saturated carbocycles. The molecule has 0 radical (unpaired) electrons. The molecule has 0 bridgehead atoms. The van der Waals surface area contributed by atoms with Crippen molar-refractivity contribution in [3.63, 3.8) is 0 Å². The van der Waals surface area contributed by atoms with Crippen LogP contribution in [-0.4, -0.2) is 44.3 Å². The van der Waals surface area contributed by atoms with Gasteiger partial charge in [-0.05, 0) is 44.0 Å². The molecule has 0 unspecified atom stereocenters. The molecule has 1 amide bonds. The maximum atomic E-state index is 13.3. The van der Waals surface area contributed by atoms with Crippen LogP contribution >= 0.6 is 0 Å². The minimum Gasteiger partial charge on any atom is -0.478 e. The number of aromatic nitrogens is 2. The highest BCUT2D eigenvalue weighted by atomic mass is 19.4. The number of benzene rings is 1. The van der Waals surface area contributed by atoms with E-state index in [-0.39, 0.29) is 17.6 Å². The van der Waals surface area contributed by atoms with Crippen LogP contribution in [0.1, 0.15) is 59.0 Å². The number of hydrogen-bond acceptors (Lipinski definition) is 3. The lowest BCUT2D eigenvalue weighted by Crippen LogP contribution is -2.38. The Morgan fingerprint density at radius 1 is 1.21 bits per heavy atom. The maximum absolute atomic E-state index is 13.3. The third-order valence-corrected chi connectivity index (χ3v) is 4.99. The summed E-state index contributed by atoms with van der Waals surface area (Å²) in [5, 5.41) is 12.6. The molecule has 0 atom stereocenters. The van der Waals surface area contributed by atoms with Crippen LogP contribution in [0.5, 0.6) is 0 Å². The van der Waals surface area contributed by atoms with Crippen LogP contribution in [0, 0.1) is 0 Å². The van der Waals surface area contributed by atoms with Crippen molar-refractivity contribution in [2.45, 2.75) is 44.8 Å². The van der Waals surface area contributed by atoms with Crippen LogP contribution in [-0.2, 0) is 6.18 Å². The first-order valence-corrected chi connectivity index (χ1v) is 9.04. The maximum Gasteiger partial charge on any atom is 0.434 e. The van der Waals surface area contributed by atoms with Gasteiger partial charge in [0, 0.05) is 18.2 Å². The van der Waals surface area contributed by atoms with E-state index in [0.29, 0.717) is 23.0 Å². The van der Waals surface area contributed by atoms with Crippen LogP contribution in [0.25, 0.3) is 5.69 Å². The Morgan fingerprint density at radius 3 is 2.32 bits per heavy atom. The number of hydrogen-bond donors (Lipinski definition) is 1. The number of carbonyl (C=O) groups excluding carboxylic acids is 1. The molecule has 1 aliphatic rings. The van der Waals surface area contributed by atoms with Gasteiger partial charge in [0.2, 0.25) is 0 Å².